The van der Waals surface area contributed by atoms with E-state index in [0.717, 1.165) is 48.1 Å². The Morgan fingerprint density at radius 2 is 1.22 bits per heavy atom. The summed E-state index contributed by atoms with van der Waals surface area (Å²) in [5.74, 6) is 1.67. The Kier molecular flexibility index (Phi) is 8.47. The zero-order valence-corrected chi connectivity index (χ0v) is 17.4. The van der Waals surface area contributed by atoms with E-state index in [1.165, 1.54) is 43.2 Å². The topological polar surface area (TPSA) is 24.1 Å². The van der Waals surface area contributed by atoms with Gasteiger partial charge in [0.2, 0.25) is 0 Å². The molecule has 0 saturated heterocycles. The molecule has 0 atom stereocenters. The van der Waals surface area contributed by atoms with Crippen LogP contribution in [0.2, 0.25) is 10.0 Å². The highest BCUT2D eigenvalue weighted by Crippen LogP contribution is 2.30. The molecule has 0 unspecified atom stereocenters. The Labute approximate surface area is 173 Å². The second-order valence-electron chi connectivity index (χ2n) is 7.67. The normalized spacial score (nSPS) is 19.9. The largest absolute Gasteiger partial charge is 0.313 e. The second-order valence-corrected chi connectivity index (χ2v) is 8.48. The first kappa shape index (κ1) is 20.7. The zero-order valence-electron chi connectivity index (χ0n) is 15.9. The molecule has 1 fully saturated rings. The summed E-state index contributed by atoms with van der Waals surface area (Å²) in [5, 5.41) is 8.86. The van der Waals surface area contributed by atoms with Gasteiger partial charge in [0.15, 0.2) is 0 Å². The molecule has 0 radical (unpaired) electrons. The minimum absolute atomic E-state index is 0.805. The van der Waals surface area contributed by atoms with Crippen molar-refractivity contribution in [2.24, 2.45) is 11.8 Å². The van der Waals surface area contributed by atoms with E-state index in [4.69, 9.17) is 23.2 Å². The van der Waals surface area contributed by atoms with Crippen molar-refractivity contribution in [2.75, 3.05) is 13.1 Å². The van der Waals surface area contributed by atoms with Crippen LogP contribution in [0.3, 0.4) is 0 Å². The van der Waals surface area contributed by atoms with Crippen molar-refractivity contribution >= 4 is 23.2 Å². The van der Waals surface area contributed by atoms with Crippen LogP contribution in [-0.4, -0.2) is 13.1 Å². The summed E-state index contributed by atoms with van der Waals surface area (Å²) in [7, 11) is 0. The van der Waals surface area contributed by atoms with E-state index in [1.807, 2.05) is 36.4 Å². The van der Waals surface area contributed by atoms with Gasteiger partial charge in [0.25, 0.3) is 0 Å². The van der Waals surface area contributed by atoms with Gasteiger partial charge in [-0.3, -0.25) is 0 Å². The Morgan fingerprint density at radius 1 is 0.704 bits per heavy atom. The highest BCUT2D eigenvalue weighted by molar-refractivity contribution is 6.31. The molecule has 3 rings (SSSR count). The van der Waals surface area contributed by atoms with Gasteiger partial charge in [-0.1, -0.05) is 72.4 Å². The second kappa shape index (κ2) is 11.1. The first-order valence-electron chi connectivity index (χ1n) is 10.1. The van der Waals surface area contributed by atoms with Crippen LogP contribution in [0.25, 0.3) is 0 Å². The van der Waals surface area contributed by atoms with E-state index in [2.05, 4.69) is 22.8 Å². The third kappa shape index (κ3) is 6.80. The van der Waals surface area contributed by atoms with Gasteiger partial charge >= 0.3 is 0 Å². The van der Waals surface area contributed by atoms with Crippen LogP contribution in [0.15, 0.2) is 48.5 Å². The fraction of sp³-hybridized carbons (Fsp3) is 0.478. The molecular formula is C23H30Cl2N2. The molecule has 2 aromatic carbocycles. The lowest BCUT2D eigenvalue weighted by Crippen LogP contribution is -2.27. The Morgan fingerprint density at radius 3 is 1.81 bits per heavy atom. The summed E-state index contributed by atoms with van der Waals surface area (Å²) in [6.07, 6.45) is 6.65. The monoisotopic (exact) mass is 404 g/mol. The average molecular weight is 405 g/mol. The van der Waals surface area contributed by atoms with Crippen LogP contribution in [0.1, 0.15) is 43.2 Å². The van der Waals surface area contributed by atoms with Crippen LogP contribution >= 0.6 is 23.2 Å². The number of halogens is 2. The van der Waals surface area contributed by atoms with E-state index >= 15 is 0 Å². The SMILES string of the molecule is Clc1ccccc1CNCCC1CCC(CNCc2ccccc2Cl)CC1. The van der Waals surface area contributed by atoms with E-state index in [0.29, 0.717) is 0 Å². The van der Waals surface area contributed by atoms with E-state index in [1.54, 1.807) is 0 Å². The molecule has 0 bridgehead atoms. The molecule has 2 aromatic rings. The maximum atomic E-state index is 6.22. The van der Waals surface area contributed by atoms with Crippen LogP contribution in [0.5, 0.6) is 0 Å². The quantitative estimate of drug-likeness (QED) is 0.495. The molecule has 0 spiro atoms. The van der Waals surface area contributed by atoms with Crippen LogP contribution in [-0.2, 0) is 13.1 Å². The molecule has 1 aliphatic carbocycles. The number of benzene rings is 2. The lowest BCUT2D eigenvalue weighted by atomic mass is 9.80. The molecule has 27 heavy (non-hydrogen) atoms. The van der Waals surface area contributed by atoms with Crippen molar-refractivity contribution in [3.63, 3.8) is 0 Å². The lowest BCUT2D eigenvalue weighted by Gasteiger charge is -2.29. The Balaban J connectivity index is 1.27. The fourth-order valence-electron chi connectivity index (χ4n) is 3.95. The zero-order chi connectivity index (χ0) is 18.9. The van der Waals surface area contributed by atoms with Gasteiger partial charge in [0.05, 0.1) is 0 Å². The predicted octanol–water partition coefficient (Wildman–Crippen LogP) is 6.07. The first-order valence-corrected chi connectivity index (χ1v) is 10.9. The van der Waals surface area contributed by atoms with Gasteiger partial charge in [-0.2, -0.15) is 0 Å². The number of nitrogens with one attached hydrogen (secondary N) is 2. The first-order chi connectivity index (χ1) is 13.2. The van der Waals surface area contributed by atoms with Gasteiger partial charge in [-0.15, -0.1) is 0 Å². The van der Waals surface area contributed by atoms with Gasteiger partial charge in [-0.25, -0.2) is 0 Å². The van der Waals surface area contributed by atoms with Gasteiger partial charge in [0.1, 0.15) is 0 Å². The summed E-state index contributed by atoms with van der Waals surface area (Å²) in [6, 6.07) is 16.2. The van der Waals surface area contributed by atoms with Gasteiger partial charge in [-0.05, 0) is 67.4 Å². The van der Waals surface area contributed by atoms with Crippen molar-refractivity contribution in [3.05, 3.63) is 69.7 Å². The molecule has 0 aliphatic heterocycles. The summed E-state index contributed by atoms with van der Waals surface area (Å²) < 4.78 is 0. The minimum Gasteiger partial charge on any atom is -0.313 e. The standard InChI is InChI=1S/C23H30Cl2N2/c24-22-7-3-1-5-20(22)16-26-14-13-18-9-11-19(12-10-18)15-27-17-21-6-2-4-8-23(21)25/h1-8,18-19,26-27H,9-17H2. The number of rotatable bonds is 9. The van der Waals surface area contributed by atoms with Gasteiger partial charge < -0.3 is 10.6 Å². The van der Waals surface area contributed by atoms with Crippen LogP contribution in [0, 0.1) is 11.8 Å². The molecule has 4 heteroatoms. The molecule has 1 aliphatic rings. The summed E-state index contributed by atoms with van der Waals surface area (Å²) in [6.45, 7) is 3.90. The van der Waals surface area contributed by atoms with Crippen molar-refractivity contribution < 1.29 is 0 Å². The molecule has 146 valence electrons. The van der Waals surface area contributed by atoms with Crippen molar-refractivity contribution in [2.45, 2.75) is 45.2 Å². The lowest BCUT2D eigenvalue weighted by molar-refractivity contribution is 0.255. The van der Waals surface area contributed by atoms with E-state index in [-0.39, 0.29) is 0 Å². The third-order valence-electron chi connectivity index (χ3n) is 5.68. The van der Waals surface area contributed by atoms with E-state index in [9.17, 15) is 0 Å². The minimum atomic E-state index is 0.805. The number of hydrogen-bond donors (Lipinski definition) is 2. The molecule has 2 N–H and O–H groups in total. The molecule has 0 amide bonds. The fourth-order valence-corrected chi connectivity index (χ4v) is 4.35. The Hall–Kier alpha value is -1.06. The molecule has 1 saturated carbocycles. The maximum Gasteiger partial charge on any atom is 0.0450 e. The third-order valence-corrected chi connectivity index (χ3v) is 6.41. The molecular weight excluding hydrogens is 375 g/mol. The molecule has 0 heterocycles. The van der Waals surface area contributed by atoms with Crippen molar-refractivity contribution in [1.82, 2.24) is 10.6 Å². The maximum absolute atomic E-state index is 6.22. The predicted molar refractivity (Wildman–Crippen MR) is 116 cm³/mol. The smallest absolute Gasteiger partial charge is 0.0450 e. The summed E-state index contributed by atoms with van der Waals surface area (Å²) in [4.78, 5) is 0. The molecule has 0 aromatic heterocycles. The highest BCUT2D eigenvalue weighted by Gasteiger charge is 2.20. The van der Waals surface area contributed by atoms with Crippen LogP contribution in [0.4, 0.5) is 0 Å². The van der Waals surface area contributed by atoms with E-state index < -0.39 is 0 Å². The Bertz CT molecular complexity index is 696. The van der Waals surface area contributed by atoms with Crippen molar-refractivity contribution in [1.29, 1.82) is 0 Å². The summed E-state index contributed by atoms with van der Waals surface area (Å²) >= 11 is 12.4. The van der Waals surface area contributed by atoms with Crippen molar-refractivity contribution in [3.8, 4) is 0 Å². The molecule has 2 nitrogen and oxygen atoms in total. The number of hydrogen-bond acceptors (Lipinski definition) is 2. The van der Waals surface area contributed by atoms with Crippen LogP contribution < -0.4 is 10.6 Å². The average Bonchev–Trinajstić information content (AvgIpc) is 2.69. The highest BCUT2D eigenvalue weighted by atomic mass is 35.5. The van der Waals surface area contributed by atoms with Gasteiger partial charge in [0, 0.05) is 23.1 Å². The summed E-state index contributed by atoms with van der Waals surface area (Å²) in [5.41, 5.74) is 2.38.